The van der Waals surface area contributed by atoms with Crippen LogP contribution in [0.5, 0.6) is 5.75 Å². The first-order valence-electron chi connectivity index (χ1n) is 8.95. The molecule has 0 aromatic heterocycles. The number of aryl methyl sites for hydroxylation is 1. The summed E-state index contributed by atoms with van der Waals surface area (Å²) in [6, 6.07) is 8.64. The number of rotatable bonds is 6. The van der Waals surface area contributed by atoms with Crippen LogP contribution in [0.3, 0.4) is 0 Å². The third kappa shape index (κ3) is 4.47. The molecule has 4 heteroatoms. The van der Waals surface area contributed by atoms with Crippen LogP contribution in [-0.4, -0.2) is 31.1 Å². The van der Waals surface area contributed by atoms with Crippen LogP contribution in [0.15, 0.2) is 24.3 Å². The largest absolute Gasteiger partial charge is 0.494 e. The predicted molar refractivity (Wildman–Crippen MR) is 91.6 cm³/mol. The fraction of sp³-hybridized carbons (Fsp3) is 0.632. The smallest absolute Gasteiger partial charge is 0.237 e. The van der Waals surface area contributed by atoms with Crippen molar-refractivity contribution in [2.45, 2.75) is 57.5 Å². The van der Waals surface area contributed by atoms with Crippen LogP contribution in [-0.2, 0) is 4.79 Å². The highest BCUT2D eigenvalue weighted by atomic mass is 16.5. The summed E-state index contributed by atoms with van der Waals surface area (Å²) in [6.45, 7) is 3.37. The summed E-state index contributed by atoms with van der Waals surface area (Å²) in [7, 11) is 0. The third-order valence-corrected chi connectivity index (χ3v) is 5.09. The Hall–Kier alpha value is -1.55. The summed E-state index contributed by atoms with van der Waals surface area (Å²) in [5, 5.41) is 6.57. The predicted octanol–water partition coefficient (Wildman–Crippen LogP) is 2.80. The van der Waals surface area contributed by atoms with Gasteiger partial charge in [0.25, 0.3) is 0 Å². The van der Waals surface area contributed by atoms with E-state index in [0.29, 0.717) is 25.1 Å². The van der Waals surface area contributed by atoms with Crippen molar-refractivity contribution in [1.82, 2.24) is 10.6 Å². The molecule has 2 aliphatic rings. The van der Waals surface area contributed by atoms with Gasteiger partial charge in [0.05, 0.1) is 12.6 Å². The molecule has 1 amide bonds. The second kappa shape index (κ2) is 7.82. The quantitative estimate of drug-likeness (QED) is 0.794. The van der Waals surface area contributed by atoms with Crippen LogP contribution in [0.2, 0.25) is 0 Å². The maximum Gasteiger partial charge on any atom is 0.237 e. The number of nitrogens with one attached hydrogen (secondary N) is 2. The molecule has 2 N–H and O–H groups in total. The molecule has 126 valence electrons. The lowest BCUT2D eigenvalue weighted by Gasteiger charge is -2.24. The van der Waals surface area contributed by atoms with Crippen molar-refractivity contribution in [2.75, 3.05) is 13.2 Å². The molecule has 1 saturated carbocycles. The highest BCUT2D eigenvalue weighted by Crippen LogP contribution is 2.33. The van der Waals surface area contributed by atoms with Crippen molar-refractivity contribution < 1.29 is 9.53 Å². The first-order valence-corrected chi connectivity index (χ1v) is 8.95. The number of ether oxygens (including phenoxy) is 1. The van der Waals surface area contributed by atoms with E-state index in [0.717, 1.165) is 18.6 Å². The van der Waals surface area contributed by atoms with E-state index in [-0.39, 0.29) is 11.9 Å². The molecule has 4 nitrogen and oxygen atoms in total. The molecule has 0 bridgehead atoms. The minimum Gasteiger partial charge on any atom is -0.494 e. The molecule has 3 rings (SSSR count). The number of benzene rings is 1. The molecular formula is C19H28N2O2. The van der Waals surface area contributed by atoms with Crippen LogP contribution >= 0.6 is 0 Å². The van der Waals surface area contributed by atoms with E-state index in [1.54, 1.807) is 0 Å². The summed E-state index contributed by atoms with van der Waals surface area (Å²) < 4.78 is 5.68. The first-order chi connectivity index (χ1) is 11.2. The maximum absolute atomic E-state index is 12.2. The van der Waals surface area contributed by atoms with Crippen LogP contribution < -0.4 is 15.4 Å². The van der Waals surface area contributed by atoms with E-state index >= 15 is 0 Å². The minimum absolute atomic E-state index is 0.0149. The lowest BCUT2D eigenvalue weighted by Crippen LogP contribution is -2.43. The van der Waals surface area contributed by atoms with E-state index in [9.17, 15) is 4.79 Å². The summed E-state index contributed by atoms with van der Waals surface area (Å²) in [5.74, 6) is 1.77. The van der Waals surface area contributed by atoms with E-state index in [4.69, 9.17) is 4.74 Å². The second-order valence-electron chi connectivity index (χ2n) is 6.91. The average molecular weight is 316 g/mol. The number of hydrogen-bond donors (Lipinski definition) is 2. The topological polar surface area (TPSA) is 50.4 Å². The fourth-order valence-electron chi connectivity index (χ4n) is 3.75. The van der Waals surface area contributed by atoms with Crippen molar-refractivity contribution in [1.29, 1.82) is 0 Å². The first kappa shape index (κ1) is 16.3. The molecule has 2 fully saturated rings. The number of carbonyl (C=O) groups excluding carboxylic acids is 1. The third-order valence-electron chi connectivity index (χ3n) is 5.09. The zero-order chi connectivity index (χ0) is 16.1. The van der Waals surface area contributed by atoms with Gasteiger partial charge >= 0.3 is 0 Å². The molecule has 1 aliphatic carbocycles. The Kier molecular flexibility index (Phi) is 5.55. The maximum atomic E-state index is 12.2. The Labute approximate surface area is 139 Å². The molecule has 1 heterocycles. The van der Waals surface area contributed by atoms with Gasteiger partial charge in [0.15, 0.2) is 0 Å². The highest BCUT2D eigenvalue weighted by molar-refractivity contribution is 5.82. The molecule has 1 saturated heterocycles. The van der Waals surface area contributed by atoms with Gasteiger partial charge in [0, 0.05) is 12.6 Å². The van der Waals surface area contributed by atoms with Gasteiger partial charge in [-0.15, -0.1) is 0 Å². The van der Waals surface area contributed by atoms with Crippen LogP contribution in [0.25, 0.3) is 0 Å². The van der Waals surface area contributed by atoms with E-state index in [1.807, 2.05) is 24.3 Å². The van der Waals surface area contributed by atoms with Crippen LogP contribution in [0.4, 0.5) is 0 Å². The summed E-state index contributed by atoms with van der Waals surface area (Å²) in [6.07, 6.45) is 6.99. The Morgan fingerprint density at radius 1 is 1.26 bits per heavy atom. The lowest BCUT2D eigenvalue weighted by molar-refractivity contribution is -0.122. The van der Waals surface area contributed by atoms with Crippen LogP contribution in [0.1, 0.15) is 44.1 Å². The molecule has 0 spiro atoms. The van der Waals surface area contributed by atoms with Gasteiger partial charge in [-0.25, -0.2) is 0 Å². The SMILES string of the molecule is Cc1ccc(OCCCNC(=O)C2CC3CCCCC3N2)cc1. The number of fused-ring (bicyclic) bond motifs is 1. The van der Waals surface area contributed by atoms with Crippen molar-refractivity contribution in [3.63, 3.8) is 0 Å². The van der Waals surface area contributed by atoms with Gasteiger partial charge in [-0.05, 0) is 50.7 Å². The molecule has 1 aliphatic heterocycles. The molecule has 3 atom stereocenters. The highest BCUT2D eigenvalue weighted by Gasteiger charge is 2.37. The molecule has 0 radical (unpaired) electrons. The summed E-state index contributed by atoms with van der Waals surface area (Å²) in [5.41, 5.74) is 1.23. The van der Waals surface area contributed by atoms with Gasteiger partial charge in [-0.3, -0.25) is 4.79 Å². The molecular weight excluding hydrogens is 288 g/mol. The van der Waals surface area contributed by atoms with E-state index in [1.165, 1.54) is 31.2 Å². The van der Waals surface area contributed by atoms with Gasteiger partial charge in [-0.1, -0.05) is 30.5 Å². The Balaban J connectivity index is 1.31. The lowest BCUT2D eigenvalue weighted by atomic mass is 9.85. The van der Waals surface area contributed by atoms with Crippen molar-refractivity contribution in [3.05, 3.63) is 29.8 Å². The molecule has 1 aromatic carbocycles. The molecule has 23 heavy (non-hydrogen) atoms. The Morgan fingerprint density at radius 3 is 2.83 bits per heavy atom. The van der Waals surface area contributed by atoms with Crippen molar-refractivity contribution >= 4 is 5.91 Å². The number of carbonyl (C=O) groups is 1. The average Bonchev–Trinajstić information content (AvgIpc) is 3.00. The zero-order valence-electron chi connectivity index (χ0n) is 14.0. The molecule has 1 aromatic rings. The summed E-state index contributed by atoms with van der Waals surface area (Å²) in [4.78, 5) is 12.2. The fourth-order valence-corrected chi connectivity index (χ4v) is 3.75. The standard InChI is InChI=1S/C19H28N2O2/c1-14-7-9-16(10-8-14)23-12-4-11-20-19(22)18-13-15-5-2-3-6-17(15)21-18/h7-10,15,17-18,21H,2-6,11-13H2,1H3,(H,20,22). The van der Waals surface area contributed by atoms with E-state index in [2.05, 4.69) is 17.6 Å². The number of amides is 1. The normalized spacial score (nSPS) is 26.6. The van der Waals surface area contributed by atoms with Gasteiger partial charge in [0.1, 0.15) is 5.75 Å². The monoisotopic (exact) mass is 316 g/mol. The van der Waals surface area contributed by atoms with Crippen molar-refractivity contribution in [3.8, 4) is 5.75 Å². The summed E-state index contributed by atoms with van der Waals surface area (Å²) >= 11 is 0. The van der Waals surface area contributed by atoms with Crippen LogP contribution in [0, 0.1) is 12.8 Å². The van der Waals surface area contributed by atoms with Crippen molar-refractivity contribution in [2.24, 2.45) is 5.92 Å². The van der Waals surface area contributed by atoms with Gasteiger partial charge in [-0.2, -0.15) is 0 Å². The molecule has 3 unspecified atom stereocenters. The Bertz CT molecular complexity index is 501. The van der Waals surface area contributed by atoms with Gasteiger partial charge < -0.3 is 15.4 Å². The second-order valence-corrected chi connectivity index (χ2v) is 6.91. The van der Waals surface area contributed by atoms with Gasteiger partial charge in [0.2, 0.25) is 5.91 Å². The zero-order valence-corrected chi connectivity index (χ0v) is 14.0. The number of hydrogen-bond acceptors (Lipinski definition) is 3. The van der Waals surface area contributed by atoms with E-state index < -0.39 is 0 Å². The minimum atomic E-state index is 0.0149. The Morgan fingerprint density at radius 2 is 2.04 bits per heavy atom.